The van der Waals surface area contributed by atoms with Gasteiger partial charge in [-0.2, -0.15) is 0 Å². The third kappa shape index (κ3) is 4.30. The molecule has 2 aromatic carbocycles. The van der Waals surface area contributed by atoms with Crippen LogP contribution in [0.5, 0.6) is 5.75 Å². The van der Waals surface area contributed by atoms with Gasteiger partial charge in [-0.25, -0.2) is 0 Å². The average Bonchev–Trinajstić information content (AvgIpc) is 2.56. The van der Waals surface area contributed by atoms with Crippen molar-refractivity contribution < 1.29 is 19.2 Å². The Bertz CT molecular complexity index is 807. The Morgan fingerprint density at radius 2 is 2.00 bits per heavy atom. The number of hydrogen-bond donors (Lipinski definition) is 1. The maximum Gasteiger partial charge on any atom is 0.310 e. The summed E-state index contributed by atoms with van der Waals surface area (Å²) in [7, 11) is 0. The molecular formula is C16H13ClN2O5. The number of halogens is 1. The van der Waals surface area contributed by atoms with Crippen LogP contribution in [0.15, 0.2) is 42.5 Å². The van der Waals surface area contributed by atoms with Crippen LogP contribution >= 0.6 is 11.6 Å². The van der Waals surface area contributed by atoms with Crippen molar-refractivity contribution in [3.05, 3.63) is 63.2 Å². The van der Waals surface area contributed by atoms with Crippen molar-refractivity contribution in [2.45, 2.75) is 13.3 Å². The lowest BCUT2D eigenvalue weighted by Crippen LogP contribution is -2.13. The number of esters is 1. The molecule has 0 aromatic heterocycles. The van der Waals surface area contributed by atoms with E-state index in [2.05, 4.69) is 5.32 Å². The quantitative estimate of drug-likeness (QED) is 0.383. The highest BCUT2D eigenvalue weighted by Gasteiger charge is 2.14. The van der Waals surface area contributed by atoms with Crippen LogP contribution in [-0.2, 0) is 4.79 Å². The maximum absolute atomic E-state index is 12.3. The van der Waals surface area contributed by atoms with Crippen LogP contribution in [-0.4, -0.2) is 16.8 Å². The molecule has 8 heteroatoms. The molecule has 0 fully saturated rings. The van der Waals surface area contributed by atoms with Gasteiger partial charge in [0.05, 0.1) is 15.6 Å². The standard InChI is InChI=1S/C16H13ClN2O5/c1-2-15(20)24-12-5-3-4-10(8-12)16(21)18-14-9-11(19(22)23)6-7-13(14)17/h3-9H,2H2,1H3,(H,18,21). The van der Waals surface area contributed by atoms with E-state index in [1.165, 1.54) is 30.3 Å². The summed E-state index contributed by atoms with van der Waals surface area (Å²) in [6, 6.07) is 9.75. The minimum absolute atomic E-state index is 0.117. The first-order chi connectivity index (χ1) is 11.4. The van der Waals surface area contributed by atoms with Gasteiger partial charge >= 0.3 is 5.97 Å². The number of hydrogen-bond acceptors (Lipinski definition) is 5. The number of nitro benzene ring substituents is 1. The highest BCUT2D eigenvalue weighted by molar-refractivity contribution is 6.34. The summed E-state index contributed by atoms with van der Waals surface area (Å²) in [5.41, 5.74) is 0.145. The summed E-state index contributed by atoms with van der Waals surface area (Å²) < 4.78 is 5.04. The van der Waals surface area contributed by atoms with Crippen LogP contribution in [0.4, 0.5) is 11.4 Å². The second-order valence-corrected chi connectivity index (χ2v) is 5.14. The van der Waals surface area contributed by atoms with Gasteiger partial charge < -0.3 is 10.1 Å². The third-order valence-corrected chi connectivity index (χ3v) is 3.36. The molecule has 2 aromatic rings. The molecule has 24 heavy (non-hydrogen) atoms. The number of non-ortho nitro benzene ring substituents is 1. The van der Waals surface area contributed by atoms with Crippen LogP contribution in [0.1, 0.15) is 23.7 Å². The molecule has 0 spiro atoms. The Morgan fingerprint density at radius 3 is 2.67 bits per heavy atom. The first kappa shape index (κ1) is 17.4. The van der Waals surface area contributed by atoms with Crippen LogP contribution in [0, 0.1) is 10.1 Å². The molecule has 1 N–H and O–H groups in total. The smallest absolute Gasteiger partial charge is 0.310 e. The molecule has 1 amide bonds. The molecule has 0 radical (unpaired) electrons. The molecular weight excluding hydrogens is 336 g/mol. The van der Waals surface area contributed by atoms with E-state index in [1.54, 1.807) is 19.1 Å². The average molecular weight is 349 g/mol. The molecule has 0 atom stereocenters. The number of benzene rings is 2. The number of carbonyl (C=O) groups is 2. The van der Waals surface area contributed by atoms with E-state index >= 15 is 0 Å². The SMILES string of the molecule is CCC(=O)Oc1cccc(C(=O)Nc2cc([N+](=O)[O-])ccc2Cl)c1. The number of nitrogens with one attached hydrogen (secondary N) is 1. The van der Waals surface area contributed by atoms with E-state index in [-0.39, 0.29) is 34.1 Å². The molecule has 0 aliphatic carbocycles. The minimum atomic E-state index is -0.587. The normalized spacial score (nSPS) is 10.1. The Labute approximate surface area is 142 Å². The van der Waals surface area contributed by atoms with Crippen LogP contribution < -0.4 is 10.1 Å². The molecule has 0 saturated heterocycles. The number of ether oxygens (including phenoxy) is 1. The zero-order chi connectivity index (χ0) is 17.7. The van der Waals surface area contributed by atoms with Gasteiger partial charge in [-0.1, -0.05) is 24.6 Å². The lowest BCUT2D eigenvalue weighted by atomic mass is 10.2. The number of nitrogens with zero attached hydrogens (tertiary/aromatic N) is 1. The molecule has 7 nitrogen and oxygen atoms in total. The largest absolute Gasteiger partial charge is 0.427 e. The summed E-state index contributed by atoms with van der Waals surface area (Å²) in [5, 5.41) is 13.5. The number of carbonyl (C=O) groups excluding carboxylic acids is 2. The van der Waals surface area contributed by atoms with Crippen molar-refractivity contribution in [3.63, 3.8) is 0 Å². The van der Waals surface area contributed by atoms with Crippen molar-refractivity contribution >= 4 is 34.9 Å². The summed E-state index contributed by atoms with van der Waals surface area (Å²) in [5.74, 6) is -0.722. The molecule has 0 heterocycles. The monoisotopic (exact) mass is 348 g/mol. The van der Waals surface area contributed by atoms with Gasteiger partial charge in [0.2, 0.25) is 0 Å². The Morgan fingerprint density at radius 1 is 1.25 bits per heavy atom. The second-order valence-electron chi connectivity index (χ2n) is 4.73. The fraction of sp³-hybridized carbons (Fsp3) is 0.125. The molecule has 0 bridgehead atoms. The molecule has 124 valence electrons. The Hall–Kier alpha value is -2.93. The van der Waals surface area contributed by atoms with E-state index in [0.29, 0.717) is 0 Å². The van der Waals surface area contributed by atoms with Crippen LogP contribution in [0.25, 0.3) is 0 Å². The van der Waals surface area contributed by atoms with Gasteiger partial charge in [0.1, 0.15) is 5.75 Å². The maximum atomic E-state index is 12.3. The molecule has 0 aliphatic rings. The van der Waals surface area contributed by atoms with E-state index < -0.39 is 16.8 Å². The second kappa shape index (κ2) is 7.56. The molecule has 0 aliphatic heterocycles. The van der Waals surface area contributed by atoms with Crippen molar-refractivity contribution in [2.75, 3.05) is 5.32 Å². The van der Waals surface area contributed by atoms with Gasteiger partial charge in [0.25, 0.3) is 11.6 Å². The summed E-state index contributed by atoms with van der Waals surface area (Å²) in [4.78, 5) is 33.8. The molecule has 0 saturated carbocycles. The summed E-state index contributed by atoms with van der Waals surface area (Å²) in [6.07, 6.45) is 0.208. The lowest BCUT2D eigenvalue weighted by molar-refractivity contribution is -0.384. The highest BCUT2D eigenvalue weighted by atomic mass is 35.5. The predicted molar refractivity (Wildman–Crippen MR) is 88.4 cm³/mol. The third-order valence-electron chi connectivity index (χ3n) is 3.03. The van der Waals surface area contributed by atoms with E-state index in [1.807, 2.05) is 0 Å². The molecule has 0 unspecified atom stereocenters. The number of amides is 1. The fourth-order valence-corrected chi connectivity index (χ4v) is 1.99. The molecule has 2 rings (SSSR count). The van der Waals surface area contributed by atoms with Crippen LogP contribution in [0.2, 0.25) is 5.02 Å². The van der Waals surface area contributed by atoms with Gasteiger partial charge in [0.15, 0.2) is 0 Å². The first-order valence-corrected chi connectivity index (χ1v) is 7.34. The van der Waals surface area contributed by atoms with Crippen molar-refractivity contribution in [3.8, 4) is 5.75 Å². The Balaban J connectivity index is 2.21. The van der Waals surface area contributed by atoms with E-state index in [4.69, 9.17) is 16.3 Å². The van der Waals surface area contributed by atoms with Crippen molar-refractivity contribution in [1.29, 1.82) is 0 Å². The number of anilines is 1. The van der Waals surface area contributed by atoms with Crippen molar-refractivity contribution in [2.24, 2.45) is 0 Å². The topological polar surface area (TPSA) is 98.5 Å². The van der Waals surface area contributed by atoms with E-state index in [0.717, 1.165) is 0 Å². The fourth-order valence-electron chi connectivity index (χ4n) is 1.82. The number of nitro groups is 1. The zero-order valence-electron chi connectivity index (χ0n) is 12.6. The Kier molecular flexibility index (Phi) is 5.49. The summed E-state index contributed by atoms with van der Waals surface area (Å²) >= 11 is 5.94. The van der Waals surface area contributed by atoms with Crippen molar-refractivity contribution in [1.82, 2.24) is 0 Å². The number of rotatable bonds is 5. The van der Waals surface area contributed by atoms with Gasteiger partial charge in [-0.15, -0.1) is 0 Å². The summed E-state index contributed by atoms with van der Waals surface area (Å²) in [6.45, 7) is 1.66. The zero-order valence-corrected chi connectivity index (χ0v) is 13.4. The highest BCUT2D eigenvalue weighted by Crippen LogP contribution is 2.27. The van der Waals surface area contributed by atoms with E-state index in [9.17, 15) is 19.7 Å². The van der Waals surface area contributed by atoms with Gasteiger partial charge in [-0.05, 0) is 24.3 Å². The van der Waals surface area contributed by atoms with Crippen LogP contribution in [0.3, 0.4) is 0 Å². The minimum Gasteiger partial charge on any atom is -0.427 e. The first-order valence-electron chi connectivity index (χ1n) is 6.96. The van der Waals surface area contributed by atoms with Gasteiger partial charge in [0, 0.05) is 24.1 Å². The van der Waals surface area contributed by atoms with Gasteiger partial charge in [-0.3, -0.25) is 19.7 Å². The predicted octanol–water partition coefficient (Wildman–Crippen LogP) is 3.82. The lowest BCUT2D eigenvalue weighted by Gasteiger charge is -2.08.